The molecule has 1 aromatic rings. The minimum Gasteiger partial charge on any atom is -0.480 e. The standard InChI is InChI=1S/C15H16Cl2N2O4/c1-8(15(22)23)18-13(20)12-3-2-6-19(12)14(21)10-7-9(16)4-5-11(10)17/h4-5,7-8,12H,2-3,6H2,1H3,(H,18,20)(H,22,23). The van der Waals surface area contributed by atoms with Crippen LogP contribution in [0.3, 0.4) is 0 Å². The van der Waals surface area contributed by atoms with E-state index >= 15 is 0 Å². The van der Waals surface area contributed by atoms with Gasteiger partial charge >= 0.3 is 5.97 Å². The molecule has 0 saturated carbocycles. The molecule has 6 nitrogen and oxygen atoms in total. The molecule has 124 valence electrons. The Morgan fingerprint density at radius 1 is 1.35 bits per heavy atom. The molecular weight excluding hydrogens is 343 g/mol. The number of hydrogen-bond acceptors (Lipinski definition) is 3. The molecule has 2 amide bonds. The highest BCUT2D eigenvalue weighted by atomic mass is 35.5. The summed E-state index contributed by atoms with van der Waals surface area (Å²) in [7, 11) is 0. The van der Waals surface area contributed by atoms with Gasteiger partial charge in [0.25, 0.3) is 5.91 Å². The van der Waals surface area contributed by atoms with Crippen molar-refractivity contribution in [3.05, 3.63) is 33.8 Å². The first kappa shape index (κ1) is 17.6. The number of hydrogen-bond donors (Lipinski definition) is 2. The maximum absolute atomic E-state index is 12.6. The fourth-order valence-electron chi connectivity index (χ4n) is 2.47. The number of amides is 2. The van der Waals surface area contributed by atoms with Crippen molar-refractivity contribution in [2.45, 2.75) is 31.8 Å². The largest absolute Gasteiger partial charge is 0.480 e. The molecule has 2 N–H and O–H groups in total. The molecule has 8 heteroatoms. The number of carboxylic acid groups (broad SMARTS) is 1. The Morgan fingerprint density at radius 3 is 2.70 bits per heavy atom. The lowest BCUT2D eigenvalue weighted by molar-refractivity contribution is -0.141. The molecule has 1 aliphatic heterocycles. The third kappa shape index (κ3) is 3.95. The van der Waals surface area contributed by atoms with Crippen LogP contribution in [0, 0.1) is 0 Å². The Morgan fingerprint density at radius 2 is 2.04 bits per heavy atom. The van der Waals surface area contributed by atoms with E-state index in [9.17, 15) is 14.4 Å². The van der Waals surface area contributed by atoms with Gasteiger partial charge in [-0.3, -0.25) is 14.4 Å². The summed E-state index contributed by atoms with van der Waals surface area (Å²) in [5.41, 5.74) is 0.227. The zero-order chi connectivity index (χ0) is 17.1. The van der Waals surface area contributed by atoms with Crippen LogP contribution in [0.25, 0.3) is 0 Å². The summed E-state index contributed by atoms with van der Waals surface area (Å²) >= 11 is 11.9. The Labute approximate surface area is 143 Å². The van der Waals surface area contributed by atoms with Crippen LogP contribution < -0.4 is 5.32 Å². The third-order valence-corrected chi connectivity index (χ3v) is 4.27. The summed E-state index contributed by atoms with van der Waals surface area (Å²) in [4.78, 5) is 37.1. The smallest absolute Gasteiger partial charge is 0.325 e. The van der Waals surface area contributed by atoms with Gasteiger partial charge in [0.05, 0.1) is 10.6 Å². The lowest BCUT2D eigenvalue weighted by Crippen LogP contribution is -2.50. The minimum absolute atomic E-state index is 0.227. The van der Waals surface area contributed by atoms with Crippen molar-refractivity contribution in [2.75, 3.05) is 6.54 Å². The van der Waals surface area contributed by atoms with Gasteiger partial charge in [0.2, 0.25) is 5.91 Å². The molecule has 0 aliphatic carbocycles. The number of likely N-dealkylation sites (tertiary alicyclic amines) is 1. The fraction of sp³-hybridized carbons (Fsp3) is 0.400. The summed E-state index contributed by atoms with van der Waals surface area (Å²) in [5.74, 6) is -2.01. The van der Waals surface area contributed by atoms with E-state index in [1.54, 1.807) is 6.07 Å². The molecule has 0 bridgehead atoms. The van der Waals surface area contributed by atoms with Crippen molar-refractivity contribution in [3.8, 4) is 0 Å². The van der Waals surface area contributed by atoms with Crippen LogP contribution >= 0.6 is 23.2 Å². The van der Waals surface area contributed by atoms with Gasteiger partial charge in [0.1, 0.15) is 12.1 Å². The Balaban J connectivity index is 2.18. The Bertz CT molecular complexity index is 650. The quantitative estimate of drug-likeness (QED) is 0.863. The lowest BCUT2D eigenvalue weighted by atomic mass is 10.1. The summed E-state index contributed by atoms with van der Waals surface area (Å²) < 4.78 is 0. The number of rotatable bonds is 4. The molecule has 0 radical (unpaired) electrons. The Hall–Kier alpha value is -1.79. The summed E-state index contributed by atoms with van der Waals surface area (Å²) in [6, 6.07) is 2.83. The first-order chi connectivity index (χ1) is 10.8. The van der Waals surface area contributed by atoms with Crippen LogP contribution in [0.4, 0.5) is 0 Å². The predicted octanol–water partition coefficient (Wildman–Crippen LogP) is 2.19. The third-order valence-electron chi connectivity index (χ3n) is 3.70. The normalized spacial score (nSPS) is 18.6. The van der Waals surface area contributed by atoms with Gasteiger partial charge in [-0.25, -0.2) is 0 Å². The van der Waals surface area contributed by atoms with Crippen molar-refractivity contribution in [1.29, 1.82) is 0 Å². The van der Waals surface area contributed by atoms with Crippen molar-refractivity contribution >= 4 is 41.0 Å². The van der Waals surface area contributed by atoms with Gasteiger partial charge in [-0.1, -0.05) is 23.2 Å². The van der Waals surface area contributed by atoms with E-state index in [0.717, 1.165) is 0 Å². The SMILES string of the molecule is CC(NC(=O)C1CCCN1C(=O)c1cc(Cl)ccc1Cl)C(=O)O. The van der Waals surface area contributed by atoms with E-state index in [4.69, 9.17) is 28.3 Å². The number of carboxylic acids is 1. The van der Waals surface area contributed by atoms with Crippen LogP contribution in [0.1, 0.15) is 30.1 Å². The fourth-order valence-corrected chi connectivity index (χ4v) is 2.84. The second-order valence-electron chi connectivity index (χ2n) is 5.35. The number of benzene rings is 1. The highest BCUT2D eigenvalue weighted by Gasteiger charge is 2.36. The van der Waals surface area contributed by atoms with Crippen LogP contribution in [0.2, 0.25) is 10.0 Å². The zero-order valence-electron chi connectivity index (χ0n) is 12.4. The molecule has 2 atom stereocenters. The number of carbonyl (C=O) groups excluding carboxylic acids is 2. The number of halogens is 2. The molecule has 1 fully saturated rings. The van der Waals surface area contributed by atoms with Crippen LogP contribution in [-0.2, 0) is 9.59 Å². The minimum atomic E-state index is -1.13. The van der Waals surface area contributed by atoms with E-state index in [-0.39, 0.29) is 10.6 Å². The molecular formula is C15H16Cl2N2O4. The second kappa shape index (κ2) is 7.19. The molecule has 1 aromatic carbocycles. The summed E-state index contributed by atoms with van der Waals surface area (Å²) in [6.45, 7) is 1.77. The van der Waals surface area contributed by atoms with Crippen molar-refractivity contribution in [2.24, 2.45) is 0 Å². The molecule has 0 aromatic heterocycles. The van der Waals surface area contributed by atoms with Crippen LogP contribution in [-0.4, -0.2) is 46.4 Å². The number of nitrogens with zero attached hydrogens (tertiary/aromatic N) is 1. The summed E-state index contributed by atoms with van der Waals surface area (Å²) in [6.07, 6.45) is 1.13. The molecule has 2 unspecified atom stereocenters. The number of nitrogens with one attached hydrogen (secondary N) is 1. The molecule has 0 spiro atoms. The van der Waals surface area contributed by atoms with E-state index < -0.39 is 29.9 Å². The lowest BCUT2D eigenvalue weighted by Gasteiger charge is -2.25. The Kier molecular flexibility index (Phi) is 5.49. The van der Waals surface area contributed by atoms with Crippen molar-refractivity contribution in [3.63, 3.8) is 0 Å². The monoisotopic (exact) mass is 358 g/mol. The second-order valence-corrected chi connectivity index (χ2v) is 6.19. The average molecular weight is 359 g/mol. The molecule has 1 saturated heterocycles. The topological polar surface area (TPSA) is 86.7 Å². The number of carbonyl (C=O) groups is 3. The van der Waals surface area contributed by atoms with Gasteiger partial charge < -0.3 is 15.3 Å². The molecule has 1 aliphatic rings. The van der Waals surface area contributed by atoms with Gasteiger partial charge in [-0.05, 0) is 38.0 Å². The van der Waals surface area contributed by atoms with Gasteiger partial charge in [0, 0.05) is 11.6 Å². The van der Waals surface area contributed by atoms with Gasteiger partial charge in [0.15, 0.2) is 0 Å². The van der Waals surface area contributed by atoms with Crippen molar-refractivity contribution < 1.29 is 19.5 Å². The van der Waals surface area contributed by atoms with E-state index in [1.807, 2.05) is 0 Å². The van der Waals surface area contributed by atoms with Crippen LogP contribution in [0.5, 0.6) is 0 Å². The van der Waals surface area contributed by atoms with Crippen LogP contribution in [0.15, 0.2) is 18.2 Å². The maximum atomic E-state index is 12.6. The molecule has 2 rings (SSSR count). The van der Waals surface area contributed by atoms with Crippen molar-refractivity contribution in [1.82, 2.24) is 10.2 Å². The first-order valence-electron chi connectivity index (χ1n) is 7.10. The van der Waals surface area contributed by atoms with E-state index in [0.29, 0.717) is 24.4 Å². The van der Waals surface area contributed by atoms with Gasteiger partial charge in [-0.2, -0.15) is 0 Å². The molecule has 1 heterocycles. The van der Waals surface area contributed by atoms with Gasteiger partial charge in [-0.15, -0.1) is 0 Å². The highest BCUT2D eigenvalue weighted by Crippen LogP contribution is 2.26. The maximum Gasteiger partial charge on any atom is 0.325 e. The van der Waals surface area contributed by atoms with E-state index in [2.05, 4.69) is 5.32 Å². The zero-order valence-corrected chi connectivity index (χ0v) is 13.9. The van der Waals surface area contributed by atoms with E-state index in [1.165, 1.54) is 24.0 Å². The first-order valence-corrected chi connectivity index (χ1v) is 7.86. The summed E-state index contributed by atoms with van der Waals surface area (Å²) in [5, 5.41) is 11.9. The molecule has 23 heavy (non-hydrogen) atoms. The number of aliphatic carboxylic acids is 1. The highest BCUT2D eigenvalue weighted by molar-refractivity contribution is 6.35. The predicted molar refractivity (Wildman–Crippen MR) is 85.8 cm³/mol. The average Bonchev–Trinajstić information content (AvgIpc) is 2.98.